The number of ether oxygens (including phenoxy) is 1. The first-order chi connectivity index (χ1) is 14.5. The molecular formula is C22H27N3O4S. The summed E-state index contributed by atoms with van der Waals surface area (Å²) in [5.41, 5.74) is 0.726. The van der Waals surface area contributed by atoms with Gasteiger partial charge in [0, 0.05) is 37.1 Å². The molecule has 1 amide bonds. The van der Waals surface area contributed by atoms with Crippen LogP contribution in [-0.2, 0) is 14.8 Å². The third-order valence-corrected chi connectivity index (χ3v) is 7.71. The van der Waals surface area contributed by atoms with E-state index in [9.17, 15) is 13.2 Å². The van der Waals surface area contributed by atoms with E-state index >= 15 is 0 Å². The third kappa shape index (κ3) is 4.82. The van der Waals surface area contributed by atoms with Crippen LogP contribution in [0.2, 0.25) is 0 Å². The first kappa shape index (κ1) is 20.8. The van der Waals surface area contributed by atoms with E-state index in [2.05, 4.69) is 10.3 Å². The molecule has 2 aliphatic rings. The van der Waals surface area contributed by atoms with Gasteiger partial charge in [0.2, 0.25) is 15.9 Å². The van der Waals surface area contributed by atoms with E-state index in [1.807, 2.05) is 24.3 Å². The maximum Gasteiger partial charge on any atom is 0.244 e. The van der Waals surface area contributed by atoms with Crippen LogP contribution >= 0.6 is 0 Å². The maximum absolute atomic E-state index is 12.7. The molecule has 160 valence electrons. The van der Waals surface area contributed by atoms with E-state index in [0.29, 0.717) is 32.0 Å². The number of pyridine rings is 1. The van der Waals surface area contributed by atoms with Crippen molar-refractivity contribution in [3.05, 3.63) is 48.8 Å². The number of nitrogens with one attached hydrogen (secondary N) is 1. The molecule has 2 aromatic rings. The minimum Gasteiger partial charge on any atom is -0.490 e. The topological polar surface area (TPSA) is 88.6 Å². The first-order valence-electron chi connectivity index (χ1n) is 10.5. The van der Waals surface area contributed by atoms with Gasteiger partial charge in [0.15, 0.2) is 0 Å². The second kappa shape index (κ2) is 9.14. The number of amides is 1. The summed E-state index contributed by atoms with van der Waals surface area (Å²) in [7, 11) is -3.56. The number of rotatable bonds is 6. The lowest BCUT2D eigenvalue weighted by atomic mass is 9.97. The maximum atomic E-state index is 12.7. The summed E-state index contributed by atoms with van der Waals surface area (Å²) >= 11 is 0. The zero-order valence-corrected chi connectivity index (χ0v) is 17.7. The molecule has 0 atom stereocenters. The van der Waals surface area contributed by atoms with Crippen LogP contribution in [0.25, 0.3) is 0 Å². The van der Waals surface area contributed by atoms with Gasteiger partial charge in [0.25, 0.3) is 0 Å². The van der Waals surface area contributed by atoms with Crippen molar-refractivity contribution in [2.45, 2.75) is 49.5 Å². The van der Waals surface area contributed by atoms with Crippen molar-refractivity contribution in [2.75, 3.05) is 18.4 Å². The minimum absolute atomic E-state index is 0.0714. The molecule has 0 radical (unpaired) electrons. The summed E-state index contributed by atoms with van der Waals surface area (Å²) in [5.74, 6) is 0.548. The quantitative estimate of drug-likeness (QED) is 0.760. The summed E-state index contributed by atoms with van der Waals surface area (Å²) < 4.78 is 32.8. The molecule has 1 saturated carbocycles. The highest BCUT2D eigenvalue weighted by Crippen LogP contribution is 2.27. The molecule has 30 heavy (non-hydrogen) atoms. The van der Waals surface area contributed by atoms with Crippen LogP contribution in [0.5, 0.6) is 5.75 Å². The zero-order valence-electron chi connectivity index (χ0n) is 16.9. The Balaban J connectivity index is 1.29. The van der Waals surface area contributed by atoms with Crippen LogP contribution in [-0.4, -0.2) is 42.8 Å². The Morgan fingerprint density at radius 3 is 2.37 bits per heavy atom. The summed E-state index contributed by atoms with van der Waals surface area (Å²) in [6.45, 7) is 0.646. The predicted octanol–water partition coefficient (Wildman–Crippen LogP) is 3.44. The molecule has 7 nitrogen and oxygen atoms in total. The molecule has 0 bridgehead atoms. The normalized spacial score (nSPS) is 18.9. The van der Waals surface area contributed by atoms with Crippen LogP contribution in [0.15, 0.2) is 53.7 Å². The molecule has 1 saturated heterocycles. The third-order valence-electron chi connectivity index (χ3n) is 5.82. The van der Waals surface area contributed by atoms with E-state index in [4.69, 9.17) is 4.74 Å². The summed E-state index contributed by atoms with van der Waals surface area (Å²) in [6, 6.07) is 10.6. The monoisotopic (exact) mass is 429 g/mol. The smallest absolute Gasteiger partial charge is 0.244 e. The summed E-state index contributed by atoms with van der Waals surface area (Å²) in [4.78, 5) is 16.7. The van der Waals surface area contributed by atoms with Gasteiger partial charge >= 0.3 is 0 Å². The lowest BCUT2D eigenvalue weighted by molar-refractivity contribution is -0.120. The molecular weight excluding hydrogens is 402 g/mol. The van der Waals surface area contributed by atoms with Crippen LogP contribution in [0, 0.1) is 5.92 Å². The minimum atomic E-state index is -3.56. The largest absolute Gasteiger partial charge is 0.490 e. The summed E-state index contributed by atoms with van der Waals surface area (Å²) in [5, 5.41) is 2.95. The molecule has 2 fully saturated rings. The molecule has 1 N–H and O–H groups in total. The number of piperidine rings is 1. The van der Waals surface area contributed by atoms with E-state index < -0.39 is 10.0 Å². The van der Waals surface area contributed by atoms with Crippen molar-refractivity contribution in [1.82, 2.24) is 9.29 Å². The molecule has 0 spiro atoms. The zero-order chi connectivity index (χ0) is 21.0. The SMILES string of the molecule is O=C(Nc1ccc(OC2CCCC2)cc1)C1CCN(S(=O)(=O)c2cccnc2)CC1. The first-order valence-corrected chi connectivity index (χ1v) is 11.9. The molecule has 1 aliphatic carbocycles. The van der Waals surface area contributed by atoms with Crippen molar-refractivity contribution in [3.63, 3.8) is 0 Å². The van der Waals surface area contributed by atoms with Gasteiger partial charge < -0.3 is 10.1 Å². The van der Waals surface area contributed by atoms with Gasteiger partial charge in [-0.1, -0.05) is 0 Å². The number of nitrogens with zero attached hydrogens (tertiary/aromatic N) is 2. The lowest BCUT2D eigenvalue weighted by Crippen LogP contribution is -2.41. The molecule has 8 heteroatoms. The number of sulfonamides is 1. The Hall–Kier alpha value is -2.45. The number of carbonyl (C=O) groups excluding carboxylic acids is 1. The second-order valence-corrected chi connectivity index (χ2v) is 9.84. The number of carbonyl (C=O) groups is 1. The Morgan fingerprint density at radius 2 is 1.73 bits per heavy atom. The Bertz CT molecular complexity index is 950. The standard InChI is InChI=1S/C22H27N3O4S/c26-22(24-18-7-9-20(10-8-18)29-19-4-1-2-5-19)17-11-14-25(15-12-17)30(27,28)21-6-3-13-23-16-21/h3,6-10,13,16-17,19H,1-2,4-5,11-12,14-15H2,(H,24,26). The van der Waals surface area contributed by atoms with Crippen molar-refractivity contribution >= 4 is 21.6 Å². The van der Waals surface area contributed by atoms with Gasteiger partial charge in [0.1, 0.15) is 10.6 Å². The second-order valence-electron chi connectivity index (χ2n) is 7.91. The number of aromatic nitrogens is 1. The Kier molecular flexibility index (Phi) is 6.34. The van der Waals surface area contributed by atoms with Crippen LogP contribution in [0.4, 0.5) is 5.69 Å². The van der Waals surface area contributed by atoms with Gasteiger partial charge in [-0.2, -0.15) is 4.31 Å². The van der Waals surface area contributed by atoms with Gasteiger partial charge in [0.05, 0.1) is 6.10 Å². The van der Waals surface area contributed by atoms with Crippen LogP contribution in [0.1, 0.15) is 38.5 Å². The Labute approximate surface area is 177 Å². The molecule has 1 aromatic heterocycles. The highest BCUT2D eigenvalue weighted by molar-refractivity contribution is 7.89. The molecule has 1 aromatic carbocycles. The fourth-order valence-corrected chi connectivity index (χ4v) is 5.50. The number of hydrogen-bond acceptors (Lipinski definition) is 5. The lowest BCUT2D eigenvalue weighted by Gasteiger charge is -2.30. The van der Waals surface area contributed by atoms with Gasteiger partial charge in [-0.3, -0.25) is 9.78 Å². The van der Waals surface area contributed by atoms with Crippen LogP contribution < -0.4 is 10.1 Å². The average molecular weight is 430 g/mol. The predicted molar refractivity (Wildman–Crippen MR) is 114 cm³/mol. The van der Waals surface area contributed by atoms with Crippen molar-refractivity contribution in [1.29, 1.82) is 0 Å². The Morgan fingerprint density at radius 1 is 1.03 bits per heavy atom. The number of hydrogen-bond donors (Lipinski definition) is 1. The molecule has 1 aliphatic heterocycles. The highest BCUT2D eigenvalue weighted by atomic mass is 32.2. The van der Waals surface area contributed by atoms with Crippen molar-refractivity contribution in [3.8, 4) is 5.75 Å². The van der Waals surface area contributed by atoms with E-state index in [1.54, 1.807) is 18.3 Å². The van der Waals surface area contributed by atoms with Gasteiger partial charge in [-0.25, -0.2) is 8.42 Å². The van der Waals surface area contributed by atoms with E-state index in [0.717, 1.165) is 24.3 Å². The number of anilines is 1. The van der Waals surface area contributed by atoms with Crippen molar-refractivity contribution < 1.29 is 17.9 Å². The highest BCUT2D eigenvalue weighted by Gasteiger charge is 2.32. The van der Waals surface area contributed by atoms with E-state index in [-0.39, 0.29) is 16.7 Å². The fraction of sp³-hybridized carbons (Fsp3) is 0.455. The van der Waals surface area contributed by atoms with Crippen molar-refractivity contribution in [2.24, 2.45) is 5.92 Å². The van der Waals surface area contributed by atoms with E-state index in [1.165, 1.54) is 23.3 Å². The fourth-order valence-electron chi connectivity index (χ4n) is 4.07. The van der Waals surface area contributed by atoms with Gasteiger partial charge in [-0.05, 0) is 74.9 Å². The average Bonchev–Trinajstić information content (AvgIpc) is 3.29. The summed E-state index contributed by atoms with van der Waals surface area (Å²) in [6.07, 6.45) is 8.85. The molecule has 2 heterocycles. The number of benzene rings is 1. The van der Waals surface area contributed by atoms with Crippen LogP contribution in [0.3, 0.4) is 0 Å². The van der Waals surface area contributed by atoms with Gasteiger partial charge in [-0.15, -0.1) is 0 Å². The molecule has 4 rings (SSSR count). The molecule has 0 unspecified atom stereocenters.